The zero-order valence-corrected chi connectivity index (χ0v) is 19.8. The molecule has 0 unspecified atom stereocenters. The Labute approximate surface area is 204 Å². The average molecular weight is 556 g/mol. The van der Waals surface area contributed by atoms with Crippen LogP contribution in [-0.4, -0.2) is 35.7 Å². The normalized spacial score (nSPS) is 12.9. The predicted octanol–water partition coefficient (Wildman–Crippen LogP) is 4.86. The van der Waals surface area contributed by atoms with Crippen LogP contribution in [0.1, 0.15) is 34.3 Å². The second-order valence-electron chi connectivity index (χ2n) is 7.68. The first-order valence-corrected chi connectivity index (χ1v) is 11.4. The summed E-state index contributed by atoms with van der Waals surface area (Å²) in [6, 6.07) is 19.6. The fraction of sp³-hybridized carbons (Fsp3) is 0.160. The van der Waals surface area contributed by atoms with Gasteiger partial charge >= 0.3 is 12.1 Å². The topological polar surface area (TPSA) is 105 Å². The summed E-state index contributed by atoms with van der Waals surface area (Å²) in [5, 5.41) is 14.3. The smallest absolute Gasteiger partial charge is 0.407 e. The molecular formula is C25H21IN2O5. The second kappa shape index (κ2) is 9.62. The molecule has 1 atom stereocenters. The standard InChI is InChI=1S/C25H21IN2O5/c1-14(23(29)28-22-12-15(24(30)31)10-11-21(22)26)27-25(32)33-13-20-18-8-4-2-6-16(18)17-7-3-5-9-19(17)20/h2-12,14,20H,13H2,1H3,(H,27,32)(H,28,29)(H,30,31)/t14-/m1/s1. The zero-order chi connectivity index (χ0) is 23.5. The van der Waals surface area contributed by atoms with Gasteiger partial charge in [0.1, 0.15) is 12.6 Å². The molecule has 4 rings (SSSR count). The molecule has 0 saturated carbocycles. The first-order chi connectivity index (χ1) is 15.8. The van der Waals surface area contributed by atoms with Crippen molar-refractivity contribution in [1.82, 2.24) is 5.32 Å². The van der Waals surface area contributed by atoms with Gasteiger partial charge in [-0.2, -0.15) is 0 Å². The first-order valence-electron chi connectivity index (χ1n) is 10.3. The molecule has 0 aliphatic heterocycles. The molecule has 168 valence electrons. The summed E-state index contributed by atoms with van der Waals surface area (Å²) in [6.45, 7) is 1.68. The van der Waals surface area contributed by atoms with Gasteiger partial charge in [0.05, 0.1) is 11.3 Å². The summed E-state index contributed by atoms with van der Waals surface area (Å²) in [5.74, 6) is -1.65. The highest BCUT2D eigenvalue weighted by Gasteiger charge is 2.29. The second-order valence-corrected chi connectivity index (χ2v) is 8.84. The number of amides is 2. The van der Waals surface area contributed by atoms with E-state index in [-0.39, 0.29) is 18.1 Å². The van der Waals surface area contributed by atoms with Gasteiger partial charge in [0, 0.05) is 9.49 Å². The van der Waals surface area contributed by atoms with E-state index in [1.165, 1.54) is 19.1 Å². The Morgan fingerprint density at radius 2 is 1.61 bits per heavy atom. The van der Waals surface area contributed by atoms with Crippen LogP contribution in [-0.2, 0) is 9.53 Å². The van der Waals surface area contributed by atoms with Gasteiger partial charge in [-0.15, -0.1) is 0 Å². The van der Waals surface area contributed by atoms with E-state index in [4.69, 9.17) is 9.84 Å². The summed E-state index contributed by atoms with van der Waals surface area (Å²) >= 11 is 2.00. The van der Waals surface area contributed by atoms with Crippen molar-refractivity contribution in [3.05, 3.63) is 87.0 Å². The van der Waals surface area contributed by atoms with E-state index >= 15 is 0 Å². The Hall–Kier alpha value is -3.40. The van der Waals surface area contributed by atoms with Gasteiger partial charge < -0.3 is 20.5 Å². The molecule has 1 aliphatic rings. The maximum absolute atomic E-state index is 12.5. The molecule has 7 nitrogen and oxygen atoms in total. The average Bonchev–Trinajstić information content (AvgIpc) is 3.12. The molecule has 3 aromatic rings. The van der Waals surface area contributed by atoms with Crippen LogP contribution in [0.4, 0.5) is 10.5 Å². The van der Waals surface area contributed by atoms with Crippen LogP contribution in [0.15, 0.2) is 66.7 Å². The van der Waals surface area contributed by atoms with Crippen molar-refractivity contribution in [2.24, 2.45) is 0 Å². The number of rotatable bonds is 6. The molecule has 8 heteroatoms. The third-order valence-electron chi connectivity index (χ3n) is 5.54. The van der Waals surface area contributed by atoms with Crippen LogP contribution in [0.3, 0.4) is 0 Å². The van der Waals surface area contributed by atoms with E-state index in [1.807, 2.05) is 59.0 Å². The fourth-order valence-electron chi connectivity index (χ4n) is 3.88. The molecule has 0 radical (unpaired) electrons. The lowest BCUT2D eigenvalue weighted by Gasteiger charge is -2.17. The van der Waals surface area contributed by atoms with Crippen LogP contribution in [0.25, 0.3) is 11.1 Å². The highest BCUT2D eigenvalue weighted by molar-refractivity contribution is 14.1. The molecule has 0 aromatic heterocycles. The zero-order valence-electron chi connectivity index (χ0n) is 17.7. The lowest BCUT2D eigenvalue weighted by atomic mass is 9.98. The summed E-state index contributed by atoms with van der Waals surface area (Å²) < 4.78 is 6.16. The van der Waals surface area contributed by atoms with E-state index < -0.39 is 24.0 Å². The predicted molar refractivity (Wildman–Crippen MR) is 132 cm³/mol. The molecular weight excluding hydrogens is 535 g/mol. The Kier molecular flexibility index (Phi) is 6.64. The molecule has 1 aliphatic carbocycles. The molecule has 2 amide bonds. The molecule has 0 saturated heterocycles. The maximum atomic E-state index is 12.5. The number of hydrogen-bond acceptors (Lipinski definition) is 4. The maximum Gasteiger partial charge on any atom is 0.407 e. The van der Waals surface area contributed by atoms with Gasteiger partial charge in [0.25, 0.3) is 0 Å². The third-order valence-corrected chi connectivity index (χ3v) is 6.48. The summed E-state index contributed by atoms with van der Waals surface area (Å²) in [5.41, 5.74) is 4.89. The number of aromatic carboxylic acids is 1. The number of nitrogens with one attached hydrogen (secondary N) is 2. The number of carboxylic acid groups (broad SMARTS) is 1. The quantitative estimate of drug-likeness (QED) is 0.377. The minimum absolute atomic E-state index is 0.0582. The molecule has 0 bridgehead atoms. The minimum Gasteiger partial charge on any atom is -0.478 e. The lowest BCUT2D eigenvalue weighted by molar-refractivity contribution is -0.117. The van der Waals surface area contributed by atoms with Crippen molar-refractivity contribution in [3.63, 3.8) is 0 Å². The van der Waals surface area contributed by atoms with Crippen molar-refractivity contribution in [2.45, 2.75) is 18.9 Å². The van der Waals surface area contributed by atoms with E-state index in [0.717, 1.165) is 22.3 Å². The van der Waals surface area contributed by atoms with Crippen LogP contribution in [0.2, 0.25) is 0 Å². The Bertz CT molecular complexity index is 1200. The number of carbonyl (C=O) groups excluding carboxylic acids is 2. The van der Waals surface area contributed by atoms with E-state index in [2.05, 4.69) is 22.8 Å². The number of fused-ring (bicyclic) bond motifs is 3. The molecule has 33 heavy (non-hydrogen) atoms. The van der Waals surface area contributed by atoms with Gasteiger partial charge in [-0.3, -0.25) is 4.79 Å². The lowest BCUT2D eigenvalue weighted by Crippen LogP contribution is -2.42. The Morgan fingerprint density at radius 1 is 1.00 bits per heavy atom. The fourth-order valence-corrected chi connectivity index (χ4v) is 4.35. The number of alkyl carbamates (subject to hydrolysis) is 1. The van der Waals surface area contributed by atoms with E-state index in [0.29, 0.717) is 9.26 Å². The van der Waals surface area contributed by atoms with Crippen LogP contribution >= 0.6 is 22.6 Å². The highest BCUT2D eigenvalue weighted by atomic mass is 127. The number of halogens is 1. The van der Waals surface area contributed by atoms with Crippen molar-refractivity contribution < 1.29 is 24.2 Å². The van der Waals surface area contributed by atoms with Gasteiger partial charge in [-0.05, 0) is 70.0 Å². The Balaban J connectivity index is 1.37. The first kappa shape index (κ1) is 22.8. The Morgan fingerprint density at radius 3 is 2.21 bits per heavy atom. The van der Waals surface area contributed by atoms with Crippen LogP contribution < -0.4 is 10.6 Å². The van der Waals surface area contributed by atoms with Crippen molar-refractivity contribution in [3.8, 4) is 11.1 Å². The summed E-state index contributed by atoms with van der Waals surface area (Å²) in [7, 11) is 0. The van der Waals surface area contributed by atoms with E-state index in [9.17, 15) is 14.4 Å². The number of hydrogen-bond donors (Lipinski definition) is 3. The SMILES string of the molecule is C[C@@H](NC(=O)OCC1c2ccccc2-c2ccccc21)C(=O)Nc1cc(C(=O)O)ccc1I. The number of benzene rings is 3. The number of carboxylic acids is 1. The number of anilines is 1. The molecule has 0 fully saturated rings. The van der Waals surface area contributed by atoms with Gasteiger partial charge in [0.15, 0.2) is 0 Å². The summed E-state index contributed by atoms with van der Waals surface area (Å²) in [6.07, 6.45) is -0.700. The summed E-state index contributed by atoms with van der Waals surface area (Å²) in [4.78, 5) is 36.1. The van der Waals surface area contributed by atoms with Gasteiger partial charge in [0.2, 0.25) is 5.91 Å². The minimum atomic E-state index is -1.09. The van der Waals surface area contributed by atoms with Crippen LogP contribution in [0, 0.1) is 3.57 Å². The van der Waals surface area contributed by atoms with Gasteiger partial charge in [-0.25, -0.2) is 9.59 Å². The molecule has 3 aromatic carbocycles. The molecule has 0 heterocycles. The largest absolute Gasteiger partial charge is 0.478 e. The van der Waals surface area contributed by atoms with Crippen molar-refractivity contribution in [2.75, 3.05) is 11.9 Å². The van der Waals surface area contributed by atoms with Crippen LogP contribution in [0.5, 0.6) is 0 Å². The third kappa shape index (κ3) is 4.85. The molecule has 0 spiro atoms. The van der Waals surface area contributed by atoms with E-state index in [1.54, 1.807) is 6.07 Å². The number of carbonyl (C=O) groups is 3. The van der Waals surface area contributed by atoms with Crippen molar-refractivity contribution >= 4 is 46.2 Å². The van der Waals surface area contributed by atoms with Crippen molar-refractivity contribution in [1.29, 1.82) is 0 Å². The molecule has 3 N–H and O–H groups in total. The number of ether oxygens (including phenoxy) is 1. The monoisotopic (exact) mass is 556 g/mol. The highest BCUT2D eigenvalue weighted by Crippen LogP contribution is 2.44. The van der Waals surface area contributed by atoms with Gasteiger partial charge in [-0.1, -0.05) is 48.5 Å².